The first-order valence-corrected chi connectivity index (χ1v) is 9.13. The van der Waals surface area contributed by atoms with Crippen molar-refractivity contribution in [2.75, 3.05) is 19.3 Å². The lowest BCUT2D eigenvalue weighted by Crippen LogP contribution is -2.27. The van der Waals surface area contributed by atoms with Gasteiger partial charge in [0.2, 0.25) is 0 Å². The second-order valence-electron chi connectivity index (χ2n) is 6.01. The van der Waals surface area contributed by atoms with Gasteiger partial charge in [-0.3, -0.25) is 4.18 Å². The number of benzene rings is 1. The topological polar surface area (TPSA) is 72.9 Å². The molecule has 120 valence electrons. The molecule has 1 aromatic rings. The molecule has 0 N–H and O–H groups in total. The summed E-state index contributed by atoms with van der Waals surface area (Å²) in [5.41, 5.74) is 0.526. The van der Waals surface area contributed by atoms with Gasteiger partial charge in [0.25, 0.3) is 10.1 Å². The summed E-state index contributed by atoms with van der Waals surface area (Å²) in [5, 5.41) is 1.68. The average molecular weight is 325 g/mol. The van der Waals surface area contributed by atoms with Crippen LogP contribution in [0.15, 0.2) is 30.3 Å². The maximum Gasteiger partial charge on any atom is 0.357 e. The Bertz CT molecular complexity index is 631. The van der Waals surface area contributed by atoms with Crippen molar-refractivity contribution in [3.05, 3.63) is 35.9 Å². The van der Waals surface area contributed by atoms with Gasteiger partial charge in [-0.1, -0.05) is 18.2 Å². The van der Waals surface area contributed by atoms with Gasteiger partial charge in [0, 0.05) is 13.1 Å². The third kappa shape index (κ3) is 3.66. The smallest absolute Gasteiger partial charge is 0.357 e. The molecule has 1 heterocycles. The number of hydroxylamine groups is 2. The van der Waals surface area contributed by atoms with E-state index < -0.39 is 10.1 Å². The molecular weight excluding hydrogens is 306 g/mol. The largest absolute Gasteiger partial charge is 0.364 e. The van der Waals surface area contributed by atoms with Crippen LogP contribution >= 0.6 is 0 Å². The van der Waals surface area contributed by atoms with Gasteiger partial charge in [-0.05, 0) is 36.8 Å². The molecule has 0 radical (unpaired) electrons. The number of nitrogens with zero attached hydrogens (tertiary/aromatic N) is 1. The molecule has 22 heavy (non-hydrogen) atoms. The molecule has 0 aromatic heterocycles. The molecule has 7 heteroatoms. The van der Waals surface area contributed by atoms with Crippen LogP contribution in [0.3, 0.4) is 0 Å². The predicted molar refractivity (Wildman–Crippen MR) is 79.4 cm³/mol. The number of hydrogen-bond acceptors (Lipinski definition) is 6. The van der Waals surface area contributed by atoms with Crippen molar-refractivity contribution >= 4 is 16.1 Å². The zero-order chi connectivity index (χ0) is 15.7. The van der Waals surface area contributed by atoms with Gasteiger partial charge < -0.3 is 4.84 Å². The van der Waals surface area contributed by atoms with Crippen LogP contribution in [0.5, 0.6) is 0 Å². The molecule has 0 bridgehead atoms. The number of carbonyl (C=O) groups is 1. The molecule has 0 unspecified atom stereocenters. The highest BCUT2D eigenvalue weighted by atomic mass is 32.2. The van der Waals surface area contributed by atoms with E-state index in [2.05, 4.69) is 0 Å². The fraction of sp³-hybridized carbons (Fsp3) is 0.533. The molecule has 1 aliphatic carbocycles. The lowest BCUT2D eigenvalue weighted by molar-refractivity contribution is -0.0990. The fourth-order valence-corrected chi connectivity index (χ4v) is 4.00. The summed E-state index contributed by atoms with van der Waals surface area (Å²) in [4.78, 5) is 17.4. The fourth-order valence-electron chi connectivity index (χ4n) is 3.35. The third-order valence-corrected chi connectivity index (χ3v) is 4.83. The molecule has 3 atom stereocenters. The monoisotopic (exact) mass is 325 g/mol. The minimum Gasteiger partial charge on any atom is -0.364 e. The van der Waals surface area contributed by atoms with E-state index in [0.717, 1.165) is 6.26 Å². The van der Waals surface area contributed by atoms with Crippen molar-refractivity contribution in [2.45, 2.75) is 18.9 Å². The van der Waals surface area contributed by atoms with Crippen molar-refractivity contribution in [1.29, 1.82) is 0 Å². The Balaban J connectivity index is 1.52. The predicted octanol–water partition coefficient (Wildman–Crippen LogP) is 1.44. The summed E-state index contributed by atoms with van der Waals surface area (Å²) in [5.74, 6) is 0.273. The van der Waals surface area contributed by atoms with Crippen LogP contribution in [-0.4, -0.2) is 44.9 Å². The molecule has 3 rings (SSSR count). The highest BCUT2D eigenvalue weighted by molar-refractivity contribution is 7.86. The average Bonchev–Trinajstić information content (AvgIpc) is 2.95. The Morgan fingerprint density at radius 3 is 2.27 bits per heavy atom. The minimum atomic E-state index is -3.41. The van der Waals surface area contributed by atoms with Crippen LogP contribution in [-0.2, 0) is 19.1 Å². The highest BCUT2D eigenvalue weighted by Gasteiger charge is 2.43. The number of fused-ring (bicyclic) bond motifs is 1. The molecule has 0 spiro atoms. The van der Waals surface area contributed by atoms with Crippen molar-refractivity contribution in [2.24, 2.45) is 11.8 Å². The first-order valence-electron chi connectivity index (χ1n) is 7.31. The molecule has 2 fully saturated rings. The summed E-state index contributed by atoms with van der Waals surface area (Å²) < 4.78 is 27.4. The van der Waals surface area contributed by atoms with Gasteiger partial charge in [-0.25, -0.2) is 4.79 Å². The quantitative estimate of drug-likeness (QED) is 0.780. The third-order valence-electron chi connectivity index (χ3n) is 4.21. The van der Waals surface area contributed by atoms with Crippen molar-refractivity contribution in [3.63, 3.8) is 0 Å². The van der Waals surface area contributed by atoms with Gasteiger partial charge in [0.05, 0.1) is 17.9 Å². The van der Waals surface area contributed by atoms with E-state index in [-0.39, 0.29) is 12.1 Å². The molecule has 2 aliphatic rings. The number of carbonyl (C=O) groups excluding carboxylic acids is 1. The standard InChI is InChI=1S/C15H19NO5S/c1-22(18,19)21-14-7-12-9-16(10-13(12)8-14)20-15(17)11-5-3-2-4-6-11/h2-6,12-14H,7-10H2,1H3/t12-,13+,14+. The highest BCUT2D eigenvalue weighted by Crippen LogP contribution is 2.40. The van der Waals surface area contributed by atoms with Gasteiger partial charge >= 0.3 is 5.97 Å². The lowest BCUT2D eigenvalue weighted by Gasteiger charge is -2.18. The summed E-state index contributed by atoms with van der Waals surface area (Å²) in [6.07, 6.45) is 2.22. The van der Waals surface area contributed by atoms with Crippen LogP contribution < -0.4 is 0 Å². The lowest BCUT2D eigenvalue weighted by atomic mass is 10.0. The first kappa shape index (κ1) is 15.5. The summed E-state index contributed by atoms with van der Waals surface area (Å²) in [6, 6.07) is 8.87. The van der Waals surface area contributed by atoms with E-state index >= 15 is 0 Å². The molecule has 1 saturated heterocycles. The molecular formula is C15H19NO5S. The maximum atomic E-state index is 12.0. The van der Waals surface area contributed by atoms with E-state index in [1.54, 1.807) is 29.3 Å². The van der Waals surface area contributed by atoms with Crippen molar-refractivity contribution in [1.82, 2.24) is 5.06 Å². The van der Waals surface area contributed by atoms with Crippen LogP contribution in [0.4, 0.5) is 0 Å². The van der Waals surface area contributed by atoms with Crippen molar-refractivity contribution < 1.29 is 22.2 Å². The van der Waals surface area contributed by atoms with Crippen LogP contribution in [0.2, 0.25) is 0 Å². The van der Waals surface area contributed by atoms with E-state index in [0.29, 0.717) is 43.3 Å². The van der Waals surface area contributed by atoms with Crippen molar-refractivity contribution in [3.8, 4) is 0 Å². The van der Waals surface area contributed by atoms with Gasteiger partial charge in [-0.15, -0.1) is 5.06 Å². The zero-order valence-corrected chi connectivity index (χ0v) is 13.2. The van der Waals surface area contributed by atoms with Gasteiger partial charge in [0.1, 0.15) is 0 Å². The van der Waals surface area contributed by atoms with E-state index in [1.165, 1.54) is 0 Å². The van der Waals surface area contributed by atoms with E-state index in [9.17, 15) is 13.2 Å². The van der Waals surface area contributed by atoms with Crippen LogP contribution in [0.25, 0.3) is 0 Å². The molecule has 1 aliphatic heterocycles. The summed E-state index contributed by atoms with van der Waals surface area (Å²) in [7, 11) is -3.41. The second kappa shape index (κ2) is 5.98. The Morgan fingerprint density at radius 1 is 1.14 bits per heavy atom. The summed E-state index contributed by atoms with van der Waals surface area (Å²) in [6.45, 7) is 1.26. The minimum absolute atomic E-state index is 0.239. The van der Waals surface area contributed by atoms with E-state index in [4.69, 9.17) is 9.02 Å². The molecule has 1 saturated carbocycles. The molecule has 1 aromatic carbocycles. The Morgan fingerprint density at radius 2 is 1.73 bits per heavy atom. The van der Waals surface area contributed by atoms with Gasteiger partial charge in [-0.2, -0.15) is 8.42 Å². The normalized spacial score (nSPS) is 28.5. The molecule has 6 nitrogen and oxygen atoms in total. The first-order chi connectivity index (χ1) is 10.4. The number of hydrogen-bond donors (Lipinski definition) is 0. The second-order valence-corrected chi connectivity index (χ2v) is 7.61. The summed E-state index contributed by atoms with van der Waals surface area (Å²) >= 11 is 0. The van der Waals surface area contributed by atoms with Crippen LogP contribution in [0, 0.1) is 11.8 Å². The zero-order valence-electron chi connectivity index (χ0n) is 12.3. The van der Waals surface area contributed by atoms with E-state index in [1.807, 2.05) is 6.07 Å². The SMILES string of the molecule is CS(=O)(=O)O[C@H]1C[C@@H]2CN(OC(=O)c3ccccc3)C[C@@H]2C1. The maximum absolute atomic E-state index is 12.0. The molecule has 0 amide bonds. The van der Waals surface area contributed by atoms with Crippen LogP contribution in [0.1, 0.15) is 23.2 Å². The Kier molecular flexibility index (Phi) is 4.20. The Labute approximate surface area is 130 Å². The Hall–Kier alpha value is -1.44. The van der Waals surface area contributed by atoms with Gasteiger partial charge in [0.15, 0.2) is 0 Å². The number of rotatable bonds is 4.